The van der Waals surface area contributed by atoms with Crippen LogP contribution in [0.4, 0.5) is 17.3 Å². The summed E-state index contributed by atoms with van der Waals surface area (Å²) in [5.74, 6) is 2.67. The van der Waals surface area contributed by atoms with Crippen LogP contribution in [0.15, 0.2) is 53.4 Å². The number of nitrogens with zero attached hydrogens (tertiary/aromatic N) is 2. The zero-order valence-corrected chi connectivity index (χ0v) is 18.8. The second kappa shape index (κ2) is 8.81. The minimum absolute atomic E-state index is 0.626. The molecule has 2 aromatic carbocycles. The molecule has 0 unspecified atom stereocenters. The zero-order chi connectivity index (χ0) is 21.1. The molecule has 4 aromatic rings. The lowest BCUT2D eigenvalue weighted by Gasteiger charge is -2.14. The first kappa shape index (κ1) is 20.3. The second-order valence-electron chi connectivity index (χ2n) is 6.62. The van der Waals surface area contributed by atoms with Crippen LogP contribution in [0, 0.1) is 13.8 Å². The van der Waals surface area contributed by atoms with Crippen molar-refractivity contribution >= 4 is 51.6 Å². The maximum atomic E-state index is 5.38. The largest absolute Gasteiger partial charge is 0.497 e. The van der Waals surface area contributed by atoms with E-state index in [9.17, 15) is 0 Å². The fourth-order valence-electron chi connectivity index (χ4n) is 2.99. The highest BCUT2D eigenvalue weighted by Gasteiger charge is 2.13. The summed E-state index contributed by atoms with van der Waals surface area (Å²) in [5.41, 5.74) is 2.44. The minimum atomic E-state index is 0.626. The molecule has 0 aliphatic carbocycles. The number of fused-ring (bicyclic) bond motifs is 1. The second-order valence-corrected chi connectivity index (χ2v) is 8.93. The molecule has 0 saturated carbocycles. The van der Waals surface area contributed by atoms with Crippen LogP contribution < -0.4 is 19.5 Å². The molecule has 0 fully saturated rings. The molecule has 0 aliphatic heterocycles. The Morgan fingerprint density at radius 3 is 2.07 bits per heavy atom. The highest BCUT2D eigenvalue weighted by Crippen LogP contribution is 2.34. The average Bonchev–Trinajstić information content (AvgIpc) is 3.08. The Kier molecular flexibility index (Phi) is 5.96. The first-order chi connectivity index (χ1) is 14.6. The molecule has 4 rings (SSSR count). The van der Waals surface area contributed by atoms with Gasteiger partial charge in [0.15, 0.2) is 11.6 Å². The number of hydrogen-bond acceptors (Lipinski definition) is 8. The predicted molar refractivity (Wildman–Crippen MR) is 126 cm³/mol. The molecule has 2 aromatic heterocycles. The summed E-state index contributed by atoms with van der Waals surface area (Å²) in [6.45, 7) is 4.23. The van der Waals surface area contributed by atoms with Crippen molar-refractivity contribution in [3.05, 3.63) is 58.3 Å². The summed E-state index contributed by atoms with van der Waals surface area (Å²) in [6, 6.07) is 15.6. The quantitative estimate of drug-likeness (QED) is 0.334. The van der Waals surface area contributed by atoms with Gasteiger partial charge in [-0.05, 0) is 44.0 Å². The number of thiophene rings is 1. The number of benzene rings is 2. The van der Waals surface area contributed by atoms with E-state index in [1.54, 1.807) is 25.6 Å². The number of aromatic nitrogens is 2. The van der Waals surface area contributed by atoms with Crippen molar-refractivity contribution in [1.82, 2.24) is 9.97 Å². The van der Waals surface area contributed by atoms with E-state index in [1.807, 2.05) is 42.5 Å². The highest BCUT2D eigenvalue weighted by molar-refractivity contribution is 8.00. The molecule has 6 nitrogen and oxygen atoms in total. The van der Waals surface area contributed by atoms with Crippen LogP contribution in [0.25, 0.3) is 11.0 Å². The van der Waals surface area contributed by atoms with E-state index in [0.717, 1.165) is 16.7 Å². The van der Waals surface area contributed by atoms with Gasteiger partial charge in [0.25, 0.3) is 0 Å². The van der Waals surface area contributed by atoms with Gasteiger partial charge in [0.05, 0.1) is 25.3 Å². The van der Waals surface area contributed by atoms with Crippen LogP contribution in [-0.2, 0) is 0 Å². The van der Waals surface area contributed by atoms with Crippen molar-refractivity contribution in [2.75, 3.05) is 24.3 Å². The molecular weight excluding hydrogens is 416 g/mol. The summed E-state index contributed by atoms with van der Waals surface area (Å²) in [7, 11) is 3.26. The van der Waals surface area contributed by atoms with Gasteiger partial charge in [-0.15, -0.1) is 11.3 Å². The Hall–Kier alpha value is -2.97. The van der Waals surface area contributed by atoms with Crippen LogP contribution in [0.5, 0.6) is 11.5 Å². The molecule has 154 valence electrons. The number of ether oxygens (including phenoxy) is 2. The van der Waals surface area contributed by atoms with Crippen molar-refractivity contribution in [3.63, 3.8) is 0 Å². The smallest absolute Gasteiger partial charge is 0.180 e. The number of rotatable bonds is 7. The van der Waals surface area contributed by atoms with E-state index in [2.05, 4.69) is 30.0 Å². The fourth-order valence-corrected chi connectivity index (χ4v) is 4.86. The molecule has 0 atom stereocenters. The van der Waals surface area contributed by atoms with Crippen LogP contribution in [0.2, 0.25) is 0 Å². The molecule has 8 heteroatoms. The normalized spacial score (nSPS) is 10.8. The Morgan fingerprint density at radius 2 is 1.50 bits per heavy atom. The zero-order valence-electron chi connectivity index (χ0n) is 17.1. The van der Waals surface area contributed by atoms with Crippen LogP contribution in [0.1, 0.15) is 9.75 Å². The van der Waals surface area contributed by atoms with Gasteiger partial charge in [0, 0.05) is 38.5 Å². The van der Waals surface area contributed by atoms with Crippen molar-refractivity contribution < 1.29 is 9.47 Å². The third kappa shape index (κ3) is 4.44. The van der Waals surface area contributed by atoms with Gasteiger partial charge in [-0.3, -0.25) is 0 Å². The van der Waals surface area contributed by atoms with E-state index < -0.39 is 0 Å². The van der Waals surface area contributed by atoms with Crippen molar-refractivity contribution in [2.45, 2.75) is 18.7 Å². The van der Waals surface area contributed by atoms with E-state index in [-0.39, 0.29) is 0 Å². The first-order valence-electron chi connectivity index (χ1n) is 9.32. The van der Waals surface area contributed by atoms with Gasteiger partial charge in [-0.25, -0.2) is 9.97 Å². The van der Waals surface area contributed by atoms with Crippen LogP contribution in [-0.4, -0.2) is 24.2 Å². The summed E-state index contributed by atoms with van der Waals surface area (Å²) >= 11 is 3.32. The van der Waals surface area contributed by atoms with Crippen molar-refractivity contribution in [3.8, 4) is 11.5 Å². The molecule has 0 radical (unpaired) electrons. The van der Waals surface area contributed by atoms with Gasteiger partial charge in [0.1, 0.15) is 11.5 Å². The Balaban J connectivity index is 1.70. The minimum Gasteiger partial charge on any atom is -0.497 e. The number of anilines is 3. The van der Waals surface area contributed by atoms with Gasteiger partial charge < -0.3 is 19.5 Å². The molecule has 0 aliphatic rings. The molecule has 2 heterocycles. The molecular formula is C22H22N4O2S2. The van der Waals surface area contributed by atoms with E-state index >= 15 is 0 Å². The summed E-state index contributed by atoms with van der Waals surface area (Å²) < 4.78 is 14.1. The van der Waals surface area contributed by atoms with E-state index in [0.29, 0.717) is 23.1 Å². The van der Waals surface area contributed by atoms with Gasteiger partial charge >= 0.3 is 0 Å². The first-order valence-corrected chi connectivity index (χ1v) is 11.0. The monoisotopic (exact) mass is 438 g/mol. The number of nitrogens with one attached hydrogen (secondary N) is 2. The van der Waals surface area contributed by atoms with Gasteiger partial charge in [-0.2, -0.15) is 0 Å². The van der Waals surface area contributed by atoms with Crippen LogP contribution >= 0.6 is 23.3 Å². The number of hydrogen-bond donors (Lipinski definition) is 2. The average molecular weight is 439 g/mol. The third-order valence-corrected chi connectivity index (χ3v) is 6.47. The molecule has 0 amide bonds. The highest BCUT2D eigenvalue weighted by atomic mass is 32.2. The lowest BCUT2D eigenvalue weighted by atomic mass is 10.2. The van der Waals surface area contributed by atoms with Gasteiger partial charge in [0.2, 0.25) is 0 Å². The van der Waals surface area contributed by atoms with Gasteiger partial charge in [-0.1, -0.05) is 12.1 Å². The molecule has 0 saturated heterocycles. The number of para-hydroxylation sites is 2. The topological polar surface area (TPSA) is 68.3 Å². The molecule has 0 bridgehead atoms. The summed E-state index contributed by atoms with van der Waals surface area (Å²) in [6.07, 6.45) is 0. The maximum Gasteiger partial charge on any atom is 0.180 e. The van der Waals surface area contributed by atoms with Crippen LogP contribution in [0.3, 0.4) is 0 Å². The Labute approximate surface area is 183 Å². The lowest BCUT2D eigenvalue weighted by molar-refractivity contribution is 0.395. The SMILES string of the molecule is COc1cc(Nc2nc3ccccc3nc2NSc2cc(C)sc2C)cc(OC)c1. The molecule has 2 N–H and O–H groups in total. The van der Waals surface area contributed by atoms with E-state index in [4.69, 9.17) is 19.4 Å². The predicted octanol–water partition coefficient (Wildman–Crippen LogP) is 6.19. The maximum absolute atomic E-state index is 5.38. The Morgan fingerprint density at radius 1 is 0.867 bits per heavy atom. The van der Waals surface area contributed by atoms with E-state index in [1.165, 1.54) is 26.6 Å². The molecule has 30 heavy (non-hydrogen) atoms. The fraction of sp³-hybridized carbons (Fsp3) is 0.182. The number of methoxy groups -OCH3 is 2. The third-order valence-electron chi connectivity index (χ3n) is 4.44. The number of aryl methyl sites for hydroxylation is 2. The van der Waals surface area contributed by atoms with Crippen molar-refractivity contribution in [1.29, 1.82) is 0 Å². The summed E-state index contributed by atoms with van der Waals surface area (Å²) in [4.78, 5) is 13.3. The Bertz CT molecular complexity index is 1170. The standard InChI is InChI=1S/C22H22N4O2S2/c1-13-9-20(14(2)29-13)30-26-22-21(24-18-7-5-6-8-19(18)25-22)23-15-10-16(27-3)12-17(11-15)28-4/h5-12H,1-4H3,(H,23,24)(H,25,26). The lowest BCUT2D eigenvalue weighted by Crippen LogP contribution is -2.02. The van der Waals surface area contributed by atoms with Crippen molar-refractivity contribution in [2.24, 2.45) is 0 Å². The molecule has 0 spiro atoms. The summed E-state index contributed by atoms with van der Waals surface area (Å²) in [5, 5.41) is 3.36.